The molecule has 0 aromatic heterocycles. The Morgan fingerprint density at radius 2 is 1.21 bits per heavy atom. The van der Waals surface area contributed by atoms with Crippen LogP contribution in [0.2, 0.25) is 0 Å². The van der Waals surface area contributed by atoms with Gasteiger partial charge in [0.25, 0.3) is 0 Å². The Balaban J connectivity index is 1.96. The summed E-state index contributed by atoms with van der Waals surface area (Å²) in [5, 5.41) is 0. The van der Waals surface area contributed by atoms with Crippen LogP contribution in [0.1, 0.15) is 11.1 Å². The molecular formula is C14H17BN2O2. The average Bonchev–Trinajstić information content (AvgIpc) is 2.34. The fraction of sp³-hybridized carbons (Fsp3) is 0.143. The van der Waals surface area contributed by atoms with Crippen molar-refractivity contribution in [2.45, 2.75) is 13.8 Å². The maximum absolute atomic E-state index is 5.68. The first-order valence-corrected chi connectivity index (χ1v) is 6.04. The van der Waals surface area contributed by atoms with E-state index in [-0.39, 0.29) is 7.69 Å². The second kappa shape index (κ2) is 5.56. The van der Waals surface area contributed by atoms with Gasteiger partial charge in [0.15, 0.2) is 0 Å². The predicted molar refractivity (Wildman–Crippen MR) is 79.6 cm³/mol. The maximum atomic E-state index is 5.68. The Labute approximate surface area is 113 Å². The molecule has 2 aromatic rings. The number of aryl methyl sites for hydroxylation is 2. The maximum Gasteiger partial charge on any atom is 0.576 e. The fourth-order valence-electron chi connectivity index (χ4n) is 1.83. The molecule has 5 heteroatoms. The summed E-state index contributed by atoms with van der Waals surface area (Å²) in [6.07, 6.45) is 0. The second-order valence-electron chi connectivity index (χ2n) is 4.46. The van der Waals surface area contributed by atoms with Crippen molar-refractivity contribution in [2.75, 3.05) is 11.5 Å². The molecule has 0 saturated carbocycles. The van der Waals surface area contributed by atoms with E-state index in [0.717, 1.165) is 34.0 Å². The van der Waals surface area contributed by atoms with E-state index in [9.17, 15) is 0 Å². The zero-order chi connectivity index (χ0) is 13.8. The Bertz CT molecular complexity index is 536. The number of rotatable bonds is 4. The monoisotopic (exact) mass is 256 g/mol. The van der Waals surface area contributed by atoms with Crippen molar-refractivity contribution < 1.29 is 9.31 Å². The SMILES string of the molecule is Cc1cc(N)ccc1OBOc1ccc(N)cc1C. The zero-order valence-corrected chi connectivity index (χ0v) is 11.1. The van der Waals surface area contributed by atoms with Crippen LogP contribution < -0.4 is 20.8 Å². The van der Waals surface area contributed by atoms with Crippen molar-refractivity contribution in [3.8, 4) is 11.5 Å². The van der Waals surface area contributed by atoms with Crippen molar-refractivity contribution in [1.29, 1.82) is 0 Å². The summed E-state index contributed by atoms with van der Waals surface area (Å²) in [6, 6.07) is 11.0. The minimum Gasteiger partial charge on any atom is -0.528 e. The smallest absolute Gasteiger partial charge is 0.528 e. The van der Waals surface area contributed by atoms with Gasteiger partial charge in [0.05, 0.1) is 0 Å². The van der Waals surface area contributed by atoms with E-state index in [1.165, 1.54) is 0 Å². The van der Waals surface area contributed by atoms with Gasteiger partial charge < -0.3 is 20.8 Å². The summed E-state index contributed by atoms with van der Waals surface area (Å²) >= 11 is 0. The van der Waals surface area contributed by atoms with Crippen molar-refractivity contribution in [1.82, 2.24) is 0 Å². The van der Waals surface area contributed by atoms with E-state index in [2.05, 4.69) is 0 Å². The standard InChI is InChI=1S/C14H17BN2O2/c1-9-7-11(16)3-5-13(9)18-15-19-14-6-4-12(17)8-10(14)2/h3-8,15H,16-17H2,1-2H3. The summed E-state index contributed by atoms with van der Waals surface area (Å²) in [6.45, 7) is 3.89. The largest absolute Gasteiger partial charge is 0.576 e. The molecular weight excluding hydrogens is 239 g/mol. The molecule has 0 spiro atoms. The highest BCUT2D eigenvalue weighted by atomic mass is 16.6. The van der Waals surface area contributed by atoms with Crippen LogP contribution >= 0.6 is 0 Å². The molecule has 0 atom stereocenters. The highest BCUT2D eigenvalue weighted by molar-refractivity contribution is 6.20. The lowest BCUT2D eigenvalue weighted by Crippen LogP contribution is -2.12. The van der Waals surface area contributed by atoms with E-state index in [4.69, 9.17) is 20.8 Å². The Morgan fingerprint density at radius 3 is 1.58 bits per heavy atom. The minimum absolute atomic E-state index is 0.148. The number of nitrogen functional groups attached to an aromatic ring is 2. The quantitative estimate of drug-likeness (QED) is 0.649. The van der Waals surface area contributed by atoms with Crippen molar-refractivity contribution in [2.24, 2.45) is 0 Å². The fourth-order valence-corrected chi connectivity index (χ4v) is 1.83. The van der Waals surface area contributed by atoms with Gasteiger partial charge in [-0.25, -0.2) is 0 Å². The molecule has 2 aromatic carbocycles. The molecule has 0 amide bonds. The third kappa shape index (κ3) is 3.34. The molecule has 0 aliphatic rings. The molecule has 0 aliphatic heterocycles. The number of hydrogen-bond donors (Lipinski definition) is 2. The highest BCUT2D eigenvalue weighted by Gasteiger charge is 2.05. The van der Waals surface area contributed by atoms with Crippen LogP contribution in [0, 0.1) is 13.8 Å². The van der Waals surface area contributed by atoms with Gasteiger partial charge in [0, 0.05) is 11.4 Å². The number of anilines is 2. The lowest BCUT2D eigenvalue weighted by atomic mass is 10.2. The van der Waals surface area contributed by atoms with Gasteiger partial charge in [0.2, 0.25) is 0 Å². The summed E-state index contributed by atoms with van der Waals surface area (Å²) in [7, 11) is 0.148. The van der Waals surface area contributed by atoms with Gasteiger partial charge in [-0.3, -0.25) is 0 Å². The molecule has 2 rings (SSSR count). The van der Waals surface area contributed by atoms with E-state index < -0.39 is 0 Å². The summed E-state index contributed by atoms with van der Waals surface area (Å²) in [4.78, 5) is 0. The van der Waals surface area contributed by atoms with E-state index in [1.54, 1.807) is 12.1 Å². The number of benzene rings is 2. The van der Waals surface area contributed by atoms with E-state index in [1.807, 2.05) is 38.1 Å². The van der Waals surface area contributed by atoms with Crippen LogP contribution in [0.25, 0.3) is 0 Å². The molecule has 0 bridgehead atoms. The first-order valence-electron chi connectivity index (χ1n) is 6.04. The molecule has 0 fully saturated rings. The third-order valence-corrected chi connectivity index (χ3v) is 2.83. The van der Waals surface area contributed by atoms with Gasteiger partial charge in [-0.05, 0) is 61.4 Å². The van der Waals surface area contributed by atoms with Gasteiger partial charge in [-0.15, -0.1) is 0 Å². The predicted octanol–water partition coefficient (Wildman–Crippen LogP) is 2.19. The van der Waals surface area contributed by atoms with E-state index >= 15 is 0 Å². The molecule has 0 saturated heterocycles. The third-order valence-electron chi connectivity index (χ3n) is 2.83. The molecule has 4 nitrogen and oxygen atoms in total. The van der Waals surface area contributed by atoms with Gasteiger partial charge in [-0.2, -0.15) is 0 Å². The number of hydrogen-bond acceptors (Lipinski definition) is 4. The molecule has 0 radical (unpaired) electrons. The highest BCUT2D eigenvalue weighted by Crippen LogP contribution is 2.22. The Morgan fingerprint density at radius 1 is 0.789 bits per heavy atom. The Kier molecular flexibility index (Phi) is 3.85. The van der Waals surface area contributed by atoms with E-state index in [0.29, 0.717) is 0 Å². The van der Waals surface area contributed by atoms with Crippen LogP contribution in [-0.4, -0.2) is 7.69 Å². The molecule has 98 valence electrons. The Hall–Kier alpha value is -2.30. The van der Waals surface area contributed by atoms with Crippen LogP contribution in [0.3, 0.4) is 0 Å². The molecule has 4 N–H and O–H groups in total. The minimum atomic E-state index is 0.148. The molecule has 0 aliphatic carbocycles. The van der Waals surface area contributed by atoms with Gasteiger partial charge >= 0.3 is 7.69 Å². The van der Waals surface area contributed by atoms with Gasteiger partial charge in [-0.1, -0.05) is 0 Å². The van der Waals surface area contributed by atoms with Crippen LogP contribution in [-0.2, 0) is 0 Å². The summed E-state index contributed by atoms with van der Waals surface area (Å²) < 4.78 is 11.1. The van der Waals surface area contributed by atoms with Crippen molar-refractivity contribution >= 4 is 19.1 Å². The molecule has 0 heterocycles. The first kappa shape index (κ1) is 13.1. The van der Waals surface area contributed by atoms with Crippen molar-refractivity contribution in [3.63, 3.8) is 0 Å². The lowest BCUT2D eigenvalue weighted by Gasteiger charge is -2.12. The second-order valence-corrected chi connectivity index (χ2v) is 4.46. The first-order chi connectivity index (χ1) is 9.06. The number of nitrogens with two attached hydrogens (primary N) is 2. The summed E-state index contributed by atoms with van der Waals surface area (Å²) in [5.74, 6) is 1.53. The normalized spacial score (nSPS) is 10.0. The average molecular weight is 256 g/mol. The summed E-state index contributed by atoms with van der Waals surface area (Å²) in [5.41, 5.74) is 14.8. The van der Waals surface area contributed by atoms with Crippen LogP contribution in [0.15, 0.2) is 36.4 Å². The lowest BCUT2D eigenvalue weighted by molar-refractivity contribution is 0.455. The van der Waals surface area contributed by atoms with Gasteiger partial charge in [0.1, 0.15) is 11.5 Å². The molecule has 19 heavy (non-hydrogen) atoms. The molecule has 0 unspecified atom stereocenters. The zero-order valence-electron chi connectivity index (χ0n) is 11.1. The topological polar surface area (TPSA) is 70.5 Å². The van der Waals surface area contributed by atoms with Crippen LogP contribution in [0.4, 0.5) is 11.4 Å². The van der Waals surface area contributed by atoms with Crippen LogP contribution in [0.5, 0.6) is 11.5 Å². The van der Waals surface area contributed by atoms with Crippen molar-refractivity contribution in [3.05, 3.63) is 47.5 Å².